The number of rotatable bonds is 4. The van der Waals surface area contributed by atoms with E-state index >= 15 is 0 Å². The molecule has 0 fully saturated rings. The van der Waals surface area contributed by atoms with Gasteiger partial charge in [0.25, 0.3) is 0 Å². The van der Waals surface area contributed by atoms with Crippen molar-refractivity contribution in [1.29, 1.82) is 0 Å². The summed E-state index contributed by atoms with van der Waals surface area (Å²) >= 11 is 0. The predicted octanol–water partition coefficient (Wildman–Crippen LogP) is 2.92. The van der Waals surface area contributed by atoms with Gasteiger partial charge in [0.2, 0.25) is 0 Å². The topological polar surface area (TPSA) is 63.3 Å². The Morgan fingerprint density at radius 3 is 2.47 bits per heavy atom. The van der Waals surface area contributed by atoms with Gasteiger partial charge in [-0.2, -0.15) is 13.2 Å². The maximum atomic E-state index is 12.6. The Labute approximate surface area is 95.4 Å². The molecule has 0 aliphatic heterocycles. The molecule has 1 unspecified atom stereocenters. The summed E-state index contributed by atoms with van der Waals surface area (Å²) in [5, 5.41) is 11.8. The molecule has 1 atom stereocenters. The van der Waals surface area contributed by atoms with Gasteiger partial charge in [-0.1, -0.05) is 19.0 Å². The quantitative estimate of drug-likeness (QED) is 0.893. The molecule has 4 nitrogen and oxygen atoms in total. The first-order chi connectivity index (χ1) is 7.71. The van der Waals surface area contributed by atoms with Gasteiger partial charge in [0.15, 0.2) is 0 Å². The summed E-state index contributed by atoms with van der Waals surface area (Å²) in [7, 11) is 0. The average Bonchev–Trinajstić information content (AvgIpc) is 2.60. The Hall–Kier alpha value is -1.53. The van der Waals surface area contributed by atoms with E-state index in [-0.39, 0.29) is 11.6 Å². The number of nitrogens with zero attached hydrogens (tertiary/aromatic N) is 1. The summed E-state index contributed by atoms with van der Waals surface area (Å²) in [6.07, 6.45) is -5.70. The molecule has 1 heterocycles. The van der Waals surface area contributed by atoms with Gasteiger partial charge in [0.1, 0.15) is 11.7 Å². The minimum absolute atomic E-state index is 0.102. The highest BCUT2D eigenvalue weighted by Gasteiger charge is 2.44. The van der Waals surface area contributed by atoms with Crippen LogP contribution in [0.1, 0.15) is 43.6 Å². The number of aromatic nitrogens is 1. The number of halogens is 3. The Balaban J connectivity index is 3.00. The van der Waals surface area contributed by atoms with Crippen molar-refractivity contribution < 1.29 is 27.6 Å². The lowest BCUT2D eigenvalue weighted by Crippen LogP contribution is -2.23. The highest BCUT2D eigenvalue weighted by Crippen LogP contribution is 2.37. The van der Waals surface area contributed by atoms with E-state index in [1.54, 1.807) is 13.8 Å². The highest BCUT2D eigenvalue weighted by molar-refractivity contribution is 5.68. The molecule has 0 saturated heterocycles. The van der Waals surface area contributed by atoms with Crippen LogP contribution in [0, 0.1) is 0 Å². The minimum atomic E-state index is -4.65. The largest absolute Gasteiger partial charge is 0.481 e. The second kappa shape index (κ2) is 4.77. The number of carbonyl (C=O) groups is 1. The molecule has 1 rings (SSSR count). The van der Waals surface area contributed by atoms with Gasteiger partial charge in [-0.3, -0.25) is 4.79 Å². The van der Waals surface area contributed by atoms with Crippen molar-refractivity contribution >= 4 is 5.97 Å². The van der Waals surface area contributed by atoms with Crippen LogP contribution in [0.2, 0.25) is 0 Å². The predicted molar refractivity (Wildman–Crippen MR) is 51.6 cm³/mol. The molecule has 96 valence electrons. The van der Waals surface area contributed by atoms with E-state index in [0.717, 1.165) is 6.07 Å². The molecular formula is C10H12F3NO3. The van der Waals surface area contributed by atoms with Crippen molar-refractivity contribution in [1.82, 2.24) is 5.16 Å². The molecule has 7 heteroatoms. The summed E-state index contributed by atoms with van der Waals surface area (Å²) in [6, 6.07) is 1.16. The Morgan fingerprint density at radius 2 is 2.12 bits per heavy atom. The Kier molecular flexibility index (Phi) is 3.79. The van der Waals surface area contributed by atoms with Gasteiger partial charge < -0.3 is 9.63 Å². The normalized spacial score (nSPS) is 14.0. The maximum Gasteiger partial charge on any atom is 0.397 e. The van der Waals surface area contributed by atoms with Gasteiger partial charge in [-0.25, -0.2) is 0 Å². The number of hydrogen-bond donors (Lipinski definition) is 1. The van der Waals surface area contributed by atoms with Crippen molar-refractivity contribution in [3.63, 3.8) is 0 Å². The van der Waals surface area contributed by atoms with Crippen LogP contribution in [-0.2, 0) is 4.79 Å². The number of carboxylic acids is 1. The summed E-state index contributed by atoms with van der Waals surface area (Å²) < 4.78 is 42.6. The number of carboxylic acid groups (broad SMARTS) is 1. The summed E-state index contributed by atoms with van der Waals surface area (Å²) in [5.41, 5.74) is -0.386. The van der Waals surface area contributed by atoms with Crippen molar-refractivity contribution in [2.75, 3.05) is 0 Å². The van der Waals surface area contributed by atoms with E-state index in [2.05, 4.69) is 5.16 Å². The lowest BCUT2D eigenvalue weighted by molar-refractivity contribution is -0.164. The van der Waals surface area contributed by atoms with Crippen LogP contribution in [0.5, 0.6) is 0 Å². The summed E-state index contributed by atoms with van der Waals surface area (Å²) in [5.74, 6) is -3.45. The third-order valence-electron chi connectivity index (χ3n) is 2.25. The van der Waals surface area contributed by atoms with Crippen LogP contribution in [0.4, 0.5) is 13.2 Å². The molecular weight excluding hydrogens is 239 g/mol. The fourth-order valence-corrected chi connectivity index (χ4v) is 1.30. The SMILES string of the molecule is CC(C)c1cc(C(CC(=O)O)C(F)(F)F)no1. The highest BCUT2D eigenvalue weighted by atomic mass is 19.4. The van der Waals surface area contributed by atoms with Crippen LogP contribution in [0.3, 0.4) is 0 Å². The molecule has 0 aromatic carbocycles. The van der Waals surface area contributed by atoms with Crippen LogP contribution < -0.4 is 0 Å². The smallest absolute Gasteiger partial charge is 0.397 e. The zero-order chi connectivity index (χ0) is 13.2. The first kappa shape index (κ1) is 13.5. The summed E-state index contributed by atoms with van der Waals surface area (Å²) in [6.45, 7) is 3.48. The average molecular weight is 251 g/mol. The molecule has 1 aromatic heterocycles. The van der Waals surface area contributed by atoms with Crippen LogP contribution in [0.25, 0.3) is 0 Å². The van der Waals surface area contributed by atoms with Gasteiger partial charge in [0, 0.05) is 12.0 Å². The van der Waals surface area contributed by atoms with Gasteiger partial charge in [-0.15, -0.1) is 0 Å². The third kappa shape index (κ3) is 3.47. The van der Waals surface area contributed by atoms with Crippen LogP contribution in [0.15, 0.2) is 10.6 Å². The number of hydrogen-bond acceptors (Lipinski definition) is 3. The van der Waals surface area contributed by atoms with E-state index in [9.17, 15) is 18.0 Å². The van der Waals surface area contributed by atoms with E-state index in [1.165, 1.54) is 0 Å². The molecule has 0 spiro atoms. The molecule has 0 radical (unpaired) electrons. The molecule has 17 heavy (non-hydrogen) atoms. The van der Waals surface area contributed by atoms with E-state index in [1.807, 2.05) is 0 Å². The Morgan fingerprint density at radius 1 is 1.53 bits per heavy atom. The lowest BCUT2D eigenvalue weighted by atomic mass is 9.99. The molecule has 0 saturated carbocycles. The van der Waals surface area contributed by atoms with Crippen LogP contribution in [-0.4, -0.2) is 22.4 Å². The lowest BCUT2D eigenvalue weighted by Gasteiger charge is -2.15. The zero-order valence-corrected chi connectivity index (χ0v) is 9.28. The first-order valence-corrected chi connectivity index (χ1v) is 4.96. The van der Waals surface area contributed by atoms with Crippen molar-refractivity contribution in [2.45, 2.75) is 38.3 Å². The molecule has 1 N–H and O–H groups in total. The number of aliphatic carboxylic acids is 1. The third-order valence-corrected chi connectivity index (χ3v) is 2.25. The first-order valence-electron chi connectivity index (χ1n) is 4.96. The zero-order valence-electron chi connectivity index (χ0n) is 9.28. The minimum Gasteiger partial charge on any atom is -0.481 e. The maximum absolute atomic E-state index is 12.6. The Bertz CT molecular complexity index is 398. The van der Waals surface area contributed by atoms with Gasteiger partial charge in [0.05, 0.1) is 12.1 Å². The molecule has 0 aliphatic rings. The molecule has 0 bridgehead atoms. The molecule has 0 aliphatic carbocycles. The van der Waals surface area contributed by atoms with Crippen LogP contribution >= 0.6 is 0 Å². The monoisotopic (exact) mass is 251 g/mol. The van der Waals surface area contributed by atoms with E-state index in [4.69, 9.17) is 9.63 Å². The van der Waals surface area contributed by atoms with Crippen molar-refractivity contribution in [3.8, 4) is 0 Å². The second-order valence-corrected chi connectivity index (χ2v) is 4.00. The van der Waals surface area contributed by atoms with Crippen molar-refractivity contribution in [3.05, 3.63) is 17.5 Å². The fourth-order valence-electron chi connectivity index (χ4n) is 1.30. The van der Waals surface area contributed by atoms with Gasteiger partial charge in [-0.05, 0) is 0 Å². The van der Waals surface area contributed by atoms with E-state index < -0.39 is 24.5 Å². The van der Waals surface area contributed by atoms with E-state index in [0.29, 0.717) is 5.76 Å². The second-order valence-electron chi connectivity index (χ2n) is 4.00. The fraction of sp³-hybridized carbons (Fsp3) is 0.600. The molecule has 1 aromatic rings. The standard InChI is InChI=1S/C10H12F3NO3/c1-5(2)8-4-7(14-17-8)6(3-9(15)16)10(11,12)13/h4-6H,3H2,1-2H3,(H,15,16). The summed E-state index contributed by atoms with van der Waals surface area (Å²) in [4.78, 5) is 10.4. The molecule has 0 amide bonds. The van der Waals surface area contributed by atoms with Gasteiger partial charge >= 0.3 is 12.1 Å². The number of alkyl halides is 3. The van der Waals surface area contributed by atoms with Crippen molar-refractivity contribution in [2.24, 2.45) is 0 Å².